The highest BCUT2D eigenvalue weighted by Gasteiger charge is 2.17. The van der Waals surface area contributed by atoms with E-state index in [1.165, 1.54) is 11.8 Å². The second-order valence-electron chi connectivity index (χ2n) is 4.09. The summed E-state index contributed by atoms with van der Waals surface area (Å²) in [7, 11) is 0. The molecular formula is C14H18N2O4S. The monoisotopic (exact) mass is 310 g/mol. The summed E-state index contributed by atoms with van der Waals surface area (Å²) in [5.41, 5.74) is 0. The second kappa shape index (κ2) is 9.02. The minimum Gasteiger partial charge on any atom is -0.455 e. The van der Waals surface area contributed by atoms with Crippen molar-refractivity contribution in [1.82, 2.24) is 10.6 Å². The summed E-state index contributed by atoms with van der Waals surface area (Å²) in [5, 5.41) is 4.02. The van der Waals surface area contributed by atoms with Crippen LogP contribution >= 0.6 is 11.8 Å². The normalized spacial score (nSPS) is 11.3. The molecule has 0 aliphatic rings. The molecule has 1 rings (SSSR count). The molecule has 7 heteroatoms. The van der Waals surface area contributed by atoms with E-state index in [1.807, 2.05) is 30.3 Å². The largest absolute Gasteiger partial charge is 0.455 e. The number of nitrogens with one attached hydrogen (secondary N) is 2. The zero-order valence-electron chi connectivity index (χ0n) is 11.9. The zero-order chi connectivity index (χ0) is 15.7. The first kappa shape index (κ1) is 17.0. The Labute approximate surface area is 127 Å². The quantitative estimate of drug-likeness (QED) is 0.615. The average molecular weight is 310 g/mol. The van der Waals surface area contributed by atoms with Crippen LogP contribution in [0.2, 0.25) is 0 Å². The zero-order valence-corrected chi connectivity index (χ0v) is 12.7. The van der Waals surface area contributed by atoms with E-state index in [2.05, 4.69) is 10.6 Å². The lowest BCUT2D eigenvalue weighted by Gasteiger charge is -2.11. The van der Waals surface area contributed by atoms with E-state index in [9.17, 15) is 14.4 Å². The molecule has 2 N–H and O–H groups in total. The summed E-state index contributed by atoms with van der Waals surface area (Å²) in [6.45, 7) is 3.35. The van der Waals surface area contributed by atoms with E-state index in [1.54, 1.807) is 13.8 Å². The Bertz CT molecular complexity index is 493. The van der Waals surface area contributed by atoms with Crippen molar-refractivity contribution >= 4 is 29.7 Å². The molecule has 0 saturated heterocycles. The molecule has 6 nitrogen and oxygen atoms in total. The van der Waals surface area contributed by atoms with Crippen molar-refractivity contribution in [3.63, 3.8) is 0 Å². The van der Waals surface area contributed by atoms with Crippen molar-refractivity contribution in [2.75, 3.05) is 13.2 Å². The SMILES string of the molecule is CCNC(=O)NC(=O)COC(=O)[C@@H](C)Sc1ccccc1. The summed E-state index contributed by atoms with van der Waals surface area (Å²) in [6.07, 6.45) is 0. The van der Waals surface area contributed by atoms with Gasteiger partial charge in [0, 0.05) is 11.4 Å². The first-order valence-electron chi connectivity index (χ1n) is 6.49. The standard InChI is InChI=1S/C14H18N2O4S/c1-3-15-14(19)16-12(17)9-20-13(18)10(2)21-11-7-5-4-6-8-11/h4-8,10H,3,9H2,1-2H3,(H2,15,16,17,19)/t10-/m1/s1. The second-order valence-corrected chi connectivity index (χ2v) is 5.50. The van der Waals surface area contributed by atoms with E-state index >= 15 is 0 Å². The van der Waals surface area contributed by atoms with Gasteiger partial charge in [0.05, 0.1) is 0 Å². The summed E-state index contributed by atoms with van der Waals surface area (Å²) < 4.78 is 4.87. The van der Waals surface area contributed by atoms with Crippen molar-refractivity contribution in [2.45, 2.75) is 24.0 Å². The van der Waals surface area contributed by atoms with E-state index in [-0.39, 0.29) is 0 Å². The van der Waals surface area contributed by atoms with Crippen molar-refractivity contribution in [3.8, 4) is 0 Å². The summed E-state index contributed by atoms with van der Waals surface area (Å²) in [4.78, 5) is 35.1. The van der Waals surface area contributed by atoms with Crippen LogP contribution < -0.4 is 10.6 Å². The fourth-order valence-corrected chi connectivity index (χ4v) is 2.26. The Balaban J connectivity index is 2.32. The molecule has 1 aromatic carbocycles. The Morgan fingerprint density at radius 2 is 1.90 bits per heavy atom. The van der Waals surface area contributed by atoms with Crippen LogP contribution in [0.1, 0.15) is 13.8 Å². The van der Waals surface area contributed by atoms with Gasteiger partial charge in [-0.1, -0.05) is 18.2 Å². The fourth-order valence-electron chi connectivity index (χ4n) is 1.37. The minimum atomic E-state index is -0.661. The number of rotatable bonds is 6. The molecule has 0 aliphatic carbocycles. The third-order valence-electron chi connectivity index (χ3n) is 2.32. The van der Waals surface area contributed by atoms with Crippen molar-refractivity contribution in [2.24, 2.45) is 0 Å². The number of carbonyl (C=O) groups excluding carboxylic acids is 3. The van der Waals surface area contributed by atoms with Gasteiger partial charge < -0.3 is 10.1 Å². The number of amides is 3. The Kier molecular flexibility index (Phi) is 7.31. The maximum atomic E-state index is 11.7. The lowest BCUT2D eigenvalue weighted by Crippen LogP contribution is -2.41. The molecule has 114 valence electrons. The smallest absolute Gasteiger partial charge is 0.321 e. The van der Waals surface area contributed by atoms with Crippen LogP contribution in [0.5, 0.6) is 0 Å². The summed E-state index contributed by atoms with van der Waals surface area (Å²) in [5.74, 6) is -1.17. The van der Waals surface area contributed by atoms with E-state index in [0.717, 1.165) is 4.90 Å². The summed E-state index contributed by atoms with van der Waals surface area (Å²) in [6, 6.07) is 8.80. The van der Waals surface area contributed by atoms with Gasteiger partial charge in [0.15, 0.2) is 6.61 Å². The Morgan fingerprint density at radius 1 is 1.24 bits per heavy atom. The first-order chi connectivity index (χ1) is 10.0. The number of carbonyl (C=O) groups is 3. The highest BCUT2D eigenvalue weighted by Crippen LogP contribution is 2.23. The van der Waals surface area contributed by atoms with Crippen LogP contribution in [0.25, 0.3) is 0 Å². The van der Waals surface area contributed by atoms with Crippen LogP contribution in [0.3, 0.4) is 0 Å². The molecule has 21 heavy (non-hydrogen) atoms. The average Bonchev–Trinajstić information content (AvgIpc) is 2.46. The van der Waals surface area contributed by atoms with Gasteiger partial charge >= 0.3 is 12.0 Å². The van der Waals surface area contributed by atoms with Crippen molar-refractivity contribution < 1.29 is 19.1 Å². The van der Waals surface area contributed by atoms with Crippen LogP contribution in [-0.4, -0.2) is 36.3 Å². The van der Waals surface area contributed by atoms with Gasteiger partial charge in [-0.2, -0.15) is 0 Å². The number of benzene rings is 1. The Hall–Kier alpha value is -2.02. The minimum absolute atomic E-state index is 0.406. The predicted molar refractivity (Wildman–Crippen MR) is 79.9 cm³/mol. The Morgan fingerprint density at radius 3 is 2.52 bits per heavy atom. The van der Waals surface area contributed by atoms with Crippen LogP contribution in [0.15, 0.2) is 35.2 Å². The molecule has 1 atom stereocenters. The van der Waals surface area contributed by atoms with Gasteiger partial charge in [-0.25, -0.2) is 4.79 Å². The number of ether oxygens (including phenoxy) is 1. The van der Waals surface area contributed by atoms with Gasteiger partial charge in [-0.05, 0) is 26.0 Å². The number of hydrogen-bond donors (Lipinski definition) is 2. The summed E-state index contributed by atoms with van der Waals surface area (Å²) >= 11 is 1.34. The fraction of sp³-hybridized carbons (Fsp3) is 0.357. The van der Waals surface area contributed by atoms with Crippen LogP contribution in [-0.2, 0) is 14.3 Å². The maximum Gasteiger partial charge on any atom is 0.321 e. The van der Waals surface area contributed by atoms with E-state index in [4.69, 9.17) is 4.74 Å². The topological polar surface area (TPSA) is 84.5 Å². The molecule has 0 heterocycles. The molecule has 0 saturated carbocycles. The molecular weight excluding hydrogens is 292 g/mol. The maximum absolute atomic E-state index is 11.7. The molecule has 3 amide bonds. The van der Waals surface area contributed by atoms with Gasteiger partial charge in [0.1, 0.15) is 5.25 Å². The molecule has 1 aromatic rings. The molecule has 0 aliphatic heterocycles. The van der Waals surface area contributed by atoms with E-state index < -0.39 is 29.8 Å². The molecule has 0 unspecified atom stereocenters. The molecule has 0 aromatic heterocycles. The highest BCUT2D eigenvalue weighted by molar-refractivity contribution is 8.00. The number of esters is 1. The third-order valence-corrected chi connectivity index (χ3v) is 3.41. The third kappa shape index (κ3) is 6.80. The molecule has 0 bridgehead atoms. The van der Waals surface area contributed by atoms with Gasteiger partial charge in [-0.3, -0.25) is 14.9 Å². The van der Waals surface area contributed by atoms with Crippen LogP contribution in [0, 0.1) is 0 Å². The number of hydrogen-bond acceptors (Lipinski definition) is 5. The molecule has 0 fully saturated rings. The number of imide groups is 1. The molecule has 0 spiro atoms. The van der Waals surface area contributed by atoms with Gasteiger partial charge in [0.25, 0.3) is 5.91 Å². The van der Waals surface area contributed by atoms with E-state index in [0.29, 0.717) is 6.54 Å². The molecule has 0 radical (unpaired) electrons. The van der Waals surface area contributed by atoms with Crippen molar-refractivity contribution in [1.29, 1.82) is 0 Å². The predicted octanol–water partition coefficient (Wildman–Crippen LogP) is 1.56. The highest BCUT2D eigenvalue weighted by atomic mass is 32.2. The van der Waals surface area contributed by atoms with Gasteiger partial charge in [-0.15, -0.1) is 11.8 Å². The van der Waals surface area contributed by atoms with Crippen LogP contribution in [0.4, 0.5) is 4.79 Å². The first-order valence-corrected chi connectivity index (χ1v) is 7.37. The number of urea groups is 1. The lowest BCUT2D eigenvalue weighted by molar-refractivity contribution is -0.147. The van der Waals surface area contributed by atoms with Gasteiger partial charge in [0.2, 0.25) is 0 Å². The number of thioether (sulfide) groups is 1. The lowest BCUT2D eigenvalue weighted by atomic mass is 10.4. The van der Waals surface area contributed by atoms with Crippen molar-refractivity contribution in [3.05, 3.63) is 30.3 Å².